The topological polar surface area (TPSA) is 85.8 Å². The number of hydrogen-bond donors (Lipinski definition) is 0. The summed E-state index contributed by atoms with van der Waals surface area (Å²) in [6.07, 6.45) is 3.19. The lowest BCUT2D eigenvalue weighted by atomic mass is 9.85. The first-order valence-corrected chi connectivity index (χ1v) is 10.2. The summed E-state index contributed by atoms with van der Waals surface area (Å²) in [6, 6.07) is 12.4. The third-order valence-corrected chi connectivity index (χ3v) is 5.65. The van der Waals surface area contributed by atoms with E-state index >= 15 is 0 Å². The largest absolute Gasteiger partial charge is 0.497 e. The minimum absolute atomic E-state index is 0.0661. The first kappa shape index (κ1) is 22.1. The van der Waals surface area contributed by atoms with Gasteiger partial charge < -0.3 is 14.4 Å². The number of aromatic nitrogens is 1. The van der Waals surface area contributed by atoms with Crippen LogP contribution in [0.15, 0.2) is 67.0 Å². The van der Waals surface area contributed by atoms with Gasteiger partial charge in [-0.05, 0) is 54.1 Å². The number of Topliss-reactive ketones (excluding diaryl/α,β-unsaturated/α-hetero) is 2. The Hall–Kier alpha value is -4.07. The van der Waals surface area contributed by atoms with Crippen molar-refractivity contribution >= 4 is 17.5 Å². The molecule has 1 amide bonds. The highest BCUT2D eigenvalue weighted by Gasteiger charge is 2.52. The Kier molecular flexibility index (Phi) is 6.17. The van der Waals surface area contributed by atoms with Gasteiger partial charge in [0.15, 0.2) is 5.78 Å². The Morgan fingerprint density at radius 3 is 2.45 bits per heavy atom. The highest BCUT2D eigenvalue weighted by atomic mass is 19.1. The molecule has 0 radical (unpaired) electrons. The van der Waals surface area contributed by atoms with E-state index in [9.17, 15) is 18.8 Å². The first-order valence-electron chi connectivity index (χ1n) is 10.2. The fourth-order valence-corrected chi connectivity index (χ4v) is 4.06. The van der Waals surface area contributed by atoms with E-state index in [1.54, 1.807) is 42.7 Å². The molecule has 0 aliphatic carbocycles. The van der Waals surface area contributed by atoms with Crippen molar-refractivity contribution in [1.29, 1.82) is 0 Å². The zero-order valence-corrected chi connectivity index (χ0v) is 18.0. The molecule has 0 bridgehead atoms. The minimum Gasteiger partial charge on any atom is -0.497 e. The molecule has 2 aromatic carbocycles. The van der Waals surface area contributed by atoms with Crippen molar-refractivity contribution in [3.05, 3.63) is 89.5 Å². The van der Waals surface area contributed by atoms with Gasteiger partial charge in [0.1, 0.15) is 23.2 Å². The van der Waals surface area contributed by atoms with Gasteiger partial charge in [-0.25, -0.2) is 4.39 Å². The molecule has 1 aromatic heterocycles. The highest BCUT2D eigenvalue weighted by Crippen LogP contribution is 2.43. The number of carbonyl (C=O) groups excluding carboxylic acids is 3. The summed E-state index contributed by atoms with van der Waals surface area (Å²) in [7, 11) is 2.96. The molecule has 168 valence electrons. The predicted octanol–water partition coefficient (Wildman–Crippen LogP) is 3.39. The standard InChI is InChI=1S/C25H21FN2O5/c1-32-18-9-10-20(33-2)19(12-18)22-21(23(29)16-5-7-17(26)8-6-16)24(30)25(31)28(22)14-15-4-3-11-27-13-15/h3-13,21-22H,14H2,1-2H3. The van der Waals surface area contributed by atoms with Crippen LogP contribution in [0.2, 0.25) is 0 Å². The molecular weight excluding hydrogens is 427 g/mol. The van der Waals surface area contributed by atoms with Gasteiger partial charge in [-0.2, -0.15) is 0 Å². The number of likely N-dealkylation sites (tertiary alicyclic amines) is 1. The fourth-order valence-electron chi connectivity index (χ4n) is 4.06. The SMILES string of the molecule is COc1ccc(OC)c(C2C(C(=O)c3ccc(F)cc3)C(=O)C(=O)N2Cc2cccnc2)c1. The monoisotopic (exact) mass is 448 g/mol. The molecular formula is C25H21FN2O5. The van der Waals surface area contributed by atoms with Crippen LogP contribution in [0.1, 0.15) is 27.5 Å². The van der Waals surface area contributed by atoms with Crippen LogP contribution >= 0.6 is 0 Å². The second-order valence-corrected chi connectivity index (χ2v) is 7.56. The predicted molar refractivity (Wildman–Crippen MR) is 116 cm³/mol. The molecule has 2 unspecified atom stereocenters. The highest BCUT2D eigenvalue weighted by molar-refractivity contribution is 6.44. The van der Waals surface area contributed by atoms with E-state index in [2.05, 4.69) is 4.98 Å². The fraction of sp³-hybridized carbons (Fsp3) is 0.200. The summed E-state index contributed by atoms with van der Waals surface area (Å²) in [4.78, 5) is 45.1. The van der Waals surface area contributed by atoms with E-state index in [0.29, 0.717) is 22.6 Å². The van der Waals surface area contributed by atoms with Gasteiger partial charge in [0.25, 0.3) is 5.91 Å². The third-order valence-electron chi connectivity index (χ3n) is 5.65. The number of amides is 1. The summed E-state index contributed by atoms with van der Waals surface area (Å²) in [5.74, 6) is -3.15. The number of benzene rings is 2. The maximum absolute atomic E-state index is 13.4. The van der Waals surface area contributed by atoms with Crippen LogP contribution in [0.25, 0.3) is 0 Å². The second-order valence-electron chi connectivity index (χ2n) is 7.56. The van der Waals surface area contributed by atoms with Gasteiger partial charge >= 0.3 is 0 Å². The van der Waals surface area contributed by atoms with Crippen molar-refractivity contribution in [3.8, 4) is 11.5 Å². The smallest absolute Gasteiger partial charge is 0.291 e. The van der Waals surface area contributed by atoms with Crippen LogP contribution in [0, 0.1) is 11.7 Å². The van der Waals surface area contributed by atoms with Crippen molar-refractivity contribution in [1.82, 2.24) is 9.88 Å². The Morgan fingerprint density at radius 1 is 1.06 bits per heavy atom. The van der Waals surface area contributed by atoms with Crippen LogP contribution in [0.4, 0.5) is 4.39 Å². The minimum atomic E-state index is -1.33. The van der Waals surface area contributed by atoms with Gasteiger partial charge in [0.05, 0.1) is 20.3 Å². The molecule has 1 saturated heterocycles. The molecule has 0 spiro atoms. The van der Waals surface area contributed by atoms with Crippen molar-refractivity contribution in [3.63, 3.8) is 0 Å². The number of ketones is 2. The maximum atomic E-state index is 13.4. The molecule has 33 heavy (non-hydrogen) atoms. The maximum Gasteiger partial charge on any atom is 0.291 e. The van der Waals surface area contributed by atoms with Crippen molar-refractivity contribution in [2.75, 3.05) is 14.2 Å². The number of hydrogen-bond acceptors (Lipinski definition) is 6. The van der Waals surface area contributed by atoms with Gasteiger partial charge in [0, 0.05) is 30.1 Å². The van der Waals surface area contributed by atoms with E-state index in [0.717, 1.165) is 12.1 Å². The lowest BCUT2D eigenvalue weighted by Crippen LogP contribution is -2.30. The van der Waals surface area contributed by atoms with Gasteiger partial charge in [-0.15, -0.1) is 0 Å². The molecule has 8 heteroatoms. The zero-order valence-electron chi connectivity index (χ0n) is 18.0. The van der Waals surface area contributed by atoms with Crippen LogP contribution in [-0.2, 0) is 16.1 Å². The van der Waals surface area contributed by atoms with Gasteiger partial charge in [-0.1, -0.05) is 6.07 Å². The average molecular weight is 448 g/mol. The number of carbonyl (C=O) groups is 3. The van der Waals surface area contributed by atoms with E-state index < -0.39 is 35.3 Å². The number of rotatable bonds is 7. The molecule has 3 aromatic rings. The Bertz CT molecular complexity index is 1200. The molecule has 2 atom stereocenters. The Labute approximate surface area is 189 Å². The number of halogens is 1. The van der Waals surface area contributed by atoms with Crippen molar-refractivity contribution in [2.45, 2.75) is 12.6 Å². The molecule has 0 N–H and O–H groups in total. The molecule has 1 fully saturated rings. The molecule has 1 aliphatic heterocycles. The van der Waals surface area contributed by atoms with Crippen LogP contribution in [-0.4, -0.2) is 41.6 Å². The zero-order chi connectivity index (χ0) is 23.5. The van der Waals surface area contributed by atoms with E-state index in [4.69, 9.17) is 9.47 Å². The van der Waals surface area contributed by atoms with E-state index in [1.165, 1.54) is 31.3 Å². The number of nitrogens with zero attached hydrogens (tertiary/aromatic N) is 2. The van der Waals surface area contributed by atoms with Gasteiger partial charge in [0.2, 0.25) is 5.78 Å². The van der Waals surface area contributed by atoms with E-state index in [-0.39, 0.29) is 12.1 Å². The van der Waals surface area contributed by atoms with Gasteiger partial charge in [-0.3, -0.25) is 19.4 Å². The summed E-state index contributed by atoms with van der Waals surface area (Å²) < 4.78 is 24.2. The summed E-state index contributed by atoms with van der Waals surface area (Å²) in [6.45, 7) is 0.0661. The van der Waals surface area contributed by atoms with E-state index in [1.807, 2.05) is 0 Å². The van der Waals surface area contributed by atoms with Crippen LogP contribution in [0.3, 0.4) is 0 Å². The Morgan fingerprint density at radius 2 is 1.82 bits per heavy atom. The Balaban J connectivity index is 1.85. The quantitative estimate of drug-likeness (QED) is 0.313. The average Bonchev–Trinajstić information content (AvgIpc) is 3.09. The lowest BCUT2D eigenvalue weighted by molar-refractivity contribution is -0.141. The second kappa shape index (κ2) is 9.20. The number of methoxy groups -OCH3 is 2. The molecule has 7 nitrogen and oxygen atoms in total. The molecule has 0 saturated carbocycles. The first-order chi connectivity index (χ1) is 15.9. The molecule has 4 rings (SSSR count). The lowest BCUT2D eigenvalue weighted by Gasteiger charge is -2.28. The summed E-state index contributed by atoms with van der Waals surface area (Å²) >= 11 is 0. The summed E-state index contributed by atoms with van der Waals surface area (Å²) in [5, 5.41) is 0. The molecule has 2 heterocycles. The number of ether oxygens (including phenoxy) is 2. The van der Waals surface area contributed by atoms with Crippen molar-refractivity contribution < 1.29 is 28.2 Å². The number of pyridine rings is 1. The van der Waals surface area contributed by atoms with Crippen molar-refractivity contribution in [2.24, 2.45) is 5.92 Å². The summed E-state index contributed by atoms with van der Waals surface area (Å²) in [5.41, 5.74) is 1.29. The molecule has 1 aliphatic rings. The normalized spacial score (nSPS) is 17.8. The third kappa shape index (κ3) is 4.19. The van der Waals surface area contributed by atoms with Crippen LogP contribution in [0.5, 0.6) is 11.5 Å². The van der Waals surface area contributed by atoms with Crippen LogP contribution < -0.4 is 9.47 Å².